The molecule has 3 nitrogen and oxygen atoms in total. The second kappa shape index (κ2) is 5.64. The normalized spacial score (nSPS) is 9.95. The van der Waals surface area contributed by atoms with Gasteiger partial charge in [-0.25, -0.2) is 0 Å². The number of rotatable bonds is 3. The lowest BCUT2D eigenvalue weighted by Gasteiger charge is -2.12. The fraction of sp³-hybridized carbons (Fsp3) is 0.133. The van der Waals surface area contributed by atoms with E-state index in [4.69, 9.17) is 27.3 Å². The van der Waals surface area contributed by atoms with E-state index in [1.807, 2.05) is 13.0 Å². The van der Waals surface area contributed by atoms with Gasteiger partial charge in [-0.3, -0.25) is 0 Å². The van der Waals surface area contributed by atoms with E-state index >= 15 is 0 Å². The third-order valence-electron chi connectivity index (χ3n) is 2.84. The highest BCUT2D eigenvalue weighted by Gasteiger charge is 2.07. The second-order valence-electron chi connectivity index (χ2n) is 4.19. The monoisotopic (exact) mass is 272 g/mol. The standard InChI is InChI=1S/C15H13ClN2O/c1-10-5-6-11(8-17)7-15(10)19-9-12-13(16)3-2-4-14(12)18/h2-7H,9,18H2,1H3. The lowest BCUT2D eigenvalue weighted by atomic mass is 10.1. The van der Waals surface area contributed by atoms with E-state index in [1.54, 1.807) is 30.3 Å². The van der Waals surface area contributed by atoms with Crippen LogP contribution in [0.4, 0.5) is 5.69 Å². The number of hydrogen-bond donors (Lipinski definition) is 1. The number of benzene rings is 2. The van der Waals surface area contributed by atoms with Gasteiger partial charge < -0.3 is 10.5 Å². The number of anilines is 1. The third-order valence-corrected chi connectivity index (χ3v) is 3.20. The van der Waals surface area contributed by atoms with Gasteiger partial charge in [0.1, 0.15) is 12.4 Å². The summed E-state index contributed by atoms with van der Waals surface area (Å²) >= 11 is 6.08. The lowest BCUT2D eigenvalue weighted by Crippen LogP contribution is -2.02. The Bertz CT molecular complexity index is 627. The van der Waals surface area contributed by atoms with Crippen LogP contribution in [0.3, 0.4) is 0 Å². The SMILES string of the molecule is Cc1ccc(C#N)cc1OCc1c(N)cccc1Cl. The zero-order chi connectivity index (χ0) is 13.8. The van der Waals surface area contributed by atoms with E-state index < -0.39 is 0 Å². The van der Waals surface area contributed by atoms with Crippen LogP contribution in [-0.2, 0) is 6.61 Å². The molecule has 0 fully saturated rings. The van der Waals surface area contributed by atoms with Crippen molar-refractivity contribution in [3.05, 3.63) is 58.1 Å². The first-order chi connectivity index (χ1) is 9.11. The molecule has 0 saturated carbocycles. The van der Waals surface area contributed by atoms with Crippen molar-refractivity contribution >= 4 is 17.3 Å². The molecule has 2 aromatic carbocycles. The van der Waals surface area contributed by atoms with E-state index in [9.17, 15) is 0 Å². The summed E-state index contributed by atoms with van der Waals surface area (Å²) in [5.41, 5.74) is 8.74. The summed E-state index contributed by atoms with van der Waals surface area (Å²) in [4.78, 5) is 0. The maximum Gasteiger partial charge on any atom is 0.124 e. The van der Waals surface area contributed by atoms with E-state index in [0.29, 0.717) is 22.0 Å². The molecular weight excluding hydrogens is 260 g/mol. The molecule has 2 rings (SSSR count). The van der Waals surface area contributed by atoms with Crippen molar-refractivity contribution in [1.82, 2.24) is 0 Å². The van der Waals surface area contributed by atoms with E-state index in [0.717, 1.165) is 11.1 Å². The lowest BCUT2D eigenvalue weighted by molar-refractivity contribution is 0.305. The minimum absolute atomic E-state index is 0.279. The number of nitrogens with two attached hydrogens (primary N) is 1. The molecule has 0 atom stereocenters. The smallest absolute Gasteiger partial charge is 0.124 e. The molecule has 0 saturated heterocycles. The van der Waals surface area contributed by atoms with Crippen molar-refractivity contribution in [3.8, 4) is 11.8 Å². The number of halogens is 1. The summed E-state index contributed by atoms with van der Waals surface area (Å²) < 4.78 is 5.71. The second-order valence-corrected chi connectivity index (χ2v) is 4.60. The average molecular weight is 273 g/mol. The Morgan fingerprint density at radius 2 is 2.11 bits per heavy atom. The van der Waals surface area contributed by atoms with Crippen molar-refractivity contribution in [2.24, 2.45) is 0 Å². The van der Waals surface area contributed by atoms with Crippen LogP contribution in [0.25, 0.3) is 0 Å². The first-order valence-electron chi connectivity index (χ1n) is 5.78. The van der Waals surface area contributed by atoms with Crippen LogP contribution in [-0.4, -0.2) is 0 Å². The number of nitrogens with zero attached hydrogens (tertiary/aromatic N) is 1. The highest BCUT2D eigenvalue weighted by atomic mass is 35.5. The Balaban J connectivity index is 2.22. The van der Waals surface area contributed by atoms with Crippen molar-refractivity contribution in [1.29, 1.82) is 5.26 Å². The zero-order valence-corrected chi connectivity index (χ0v) is 11.2. The molecule has 4 heteroatoms. The summed E-state index contributed by atoms with van der Waals surface area (Å²) in [6.45, 7) is 2.20. The first-order valence-corrected chi connectivity index (χ1v) is 6.16. The molecule has 2 N–H and O–H groups in total. The number of aryl methyl sites for hydroxylation is 1. The Morgan fingerprint density at radius 3 is 2.79 bits per heavy atom. The van der Waals surface area contributed by atoms with Crippen LogP contribution in [0.1, 0.15) is 16.7 Å². The highest BCUT2D eigenvalue weighted by Crippen LogP contribution is 2.25. The van der Waals surface area contributed by atoms with Gasteiger partial charge in [-0.2, -0.15) is 5.26 Å². The zero-order valence-electron chi connectivity index (χ0n) is 10.5. The summed E-state index contributed by atoms with van der Waals surface area (Å²) in [5.74, 6) is 0.665. The predicted octanol–water partition coefficient (Wildman–Crippen LogP) is 3.68. The number of nitriles is 1. The van der Waals surface area contributed by atoms with Crippen molar-refractivity contribution in [3.63, 3.8) is 0 Å². The minimum Gasteiger partial charge on any atom is -0.488 e. The van der Waals surface area contributed by atoms with Crippen LogP contribution in [0.5, 0.6) is 5.75 Å². The van der Waals surface area contributed by atoms with Crippen LogP contribution < -0.4 is 10.5 Å². The van der Waals surface area contributed by atoms with Crippen molar-refractivity contribution in [2.75, 3.05) is 5.73 Å². The highest BCUT2D eigenvalue weighted by molar-refractivity contribution is 6.31. The molecule has 19 heavy (non-hydrogen) atoms. The van der Waals surface area contributed by atoms with E-state index in [1.165, 1.54) is 0 Å². The van der Waals surface area contributed by atoms with Gasteiger partial charge in [0.15, 0.2) is 0 Å². The number of nitrogen functional groups attached to an aromatic ring is 1. The predicted molar refractivity (Wildman–Crippen MR) is 76.1 cm³/mol. The van der Waals surface area contributed by atoms with Gasteiger partial charge in [0.2, 0.25) is 0 Å². The topological polar surface area (TPSA) is 59.0 Å². The van der Waals surface area contributed by atoms with Crippen LogP contribution in [0.2, 0.25) is 5.02 Å². The van der Waals surface area contributed by atoms with Crippen molar-refractivity contribution in [2.45, 2.75) is 13.5 Å². The van der Waals surface area contributed by atoms with E-state index in [2.05, 4.69) is 6.07 Å². The molecule has 96 valence electrons. The van der Waals surface area contributed by atoms with Gasteiger partial charge in [0.05, 0.1) is 11.6 Å². The van der Waals surface area contributed by atoms with Crippen LogP contribution in [0, 0.1) is 18.3 Å². The van der Waals surface area contributed by atoms with Gasteiger partial charge in [0, 0.05) is 16.3 Å². The Hall–Kier alpha value is -2.18. The maximum atomic E-state index is 8.88. The molecule has 2 aromatic rings. The first kappa shape index (κ1) is 13.3. The Kier molecular flexibility index (Phi) is 3.94. The Morgan fingerprint density at radius 1 is 1.32 bits per heavy atom. The summed E-state index contributed by atoms with van der Waals surface area (Å²) in [6, 6.07) is 12.8. The van der Waals surface area contributed by atoms with Gasteiger partial charge in [-0.1, -0.05) is 23.7 Å². The molecule has 0 spiro atoms. The molecule has 0 aromatic heterocycles. The molecule has 0 amide bonds. The molecule has 0 bridgehead atoms. The Labute approximate surface area is 117 Å². The third kappa shape index (κ3) is 2.98. The van der Waals surface area contributed by atoms with Gasteiger partial charge in [-0.15, -0.1) is 0 Å². The summed E-state index contributed by atoms with van der Waals surface area (Å²) in [7, 11) is 0. The van der Waals surface area contributed by atoms with Crippen molar-refractivity contribution < 1.29 is 4.74 Å². The minimum atomic E-state index is 0.279. The number of hydrogen-bond acceptors (Lipinski definition) is 3. The van der Waals surface area contributed by atoms with Gasteiger partial charge >= 0.3 is 0 Å². The van der Waals surface area contributed by atoms with Crippen LogP contribution >= 0.6 is 11.6 Å². The maximum absolute atomic E-state index is 8.88. The molecule has 0 heterocycles. The van der Waals surface area contributed by atoms with Gasteiger partial charge in [-0.05, 0) is 36.8 Å². The van der Waals surface area contributed by atoms with Gasteiger partial charge in [0.25, 0.3) is 0 Å². The molecule has 0 aliphatic carbocycles. The fourth-order valence-corrected chi connectivity index (χ4v) is 1.94. The molecule has 0 aliphatic rings. The quantitative estimate of drug-likeness (QED) is 0.867. The molecule has 0 radical (unpaired) electrons. The summed E-state index contributed by atoms with van der Waals surface area (Å²) in [6.07, 6.45) is 0. The molecule has 0 unspecified atom stereocenters. The fourth-order valence-electron chi connectivity index (χ4n) is 1.70. The average Bonchev–Trinajstić information content (AvgIpc) is 2.40. The van der Waals surface area contributed by atoms with Crippen LogP contribution in [0.15, 0.2) is 36.4 Å². The number of ether oxygens (including phenoxy) is 1. The molecular formula is C15H13ClN2O. The van der Waals surface area contributed by atoms with E-state index in [-0.39, 0.29) is 6.61 Å². The largest absolute Gasteiger partial charge is 0.488 e. The summed E-state index contributed by atoms with van der Waals surface area (Å²) in [5, 5.41) is 9.46. The molecule has 0 aliphatic heterocycles.